The van der Waals surface area contributed by atoms with Gasteiger partial charge in [0.05, 0.1) is 0 Å². The van der Waals surface area contributed by atoms with Gasteiger partial charge in [-0.3, -0.25) is 4.90 Å². The number of carbonyl (C=O) groups is 1. The molecular formula is C7H11F2NO2S. The van der Waals surface area contributed by atoms with Gasteiger partial charge in [-0.2, -0.15) is 8.78 Å². The average molecular weight is 211 g/mol. The van der Waals surface area contributed by atoms with Crippen LogP contribution in [-0.4, -0.2) is 41.7 Å². The van der Waals surface area contributed by atoms with Crippen LogP contribution in [0.3, 0.4) is 0 Å². The Balaban J connectivity index is 2.22. The molecule has 1 aliphatic rings. The van der Waals surface area contributed by atoms with Crippen molar-refractivity contribution in [2.75, 3.05) is 24.9 Å². The number of hydrogen-bond donors (Lipinski definition) is 0. The Labute approximate surface area is 79.4 Å². The molecule has 0 amide bonds. The molecule has 0 radical (unpaired) electrons. The molecule has 1 fully saturated rings. The van der Waals surface area contributed by atoms with Gasteiger partial charge in [0.2, 0.25) is 0 Å². The highest BCUT2D eigenvalue weighted by molar-refractivity contribution is 7.99. The largest absolute Gasteiger partial charge is 0.445 e. The molecule has 1 heterocycles. The smallest absolute Gasteiger partial charge is 0.377 e. The molecule has 1 aliphatic heterocycles. The number of nitrogens with zero attached hydrogens (tertiary/aromatic N) is 1. The van der Waals surface area contributed by atoms with Crippen LogP contribution < -0.4 is 0 Å². The van der Waals surface area contributed by atoms with Gasteiger partial charge in [0.15, 0.2) is 0 Å². The first-order chi connectivity index (χ1) is 6.00. The molecule has 0 unspecified atom stereocenters. The summed E-state index contributed by atoms with van der Waals surface area (Å²) in [6.07, 6.45) is 0. The molecular weight excluding hydrogens is 200 g/mol. The fraction of sp³-hybridized carbons (Fsp3) is 0.857. The molecule has 0 aromatic heterocycles. The average Bonchev–Trinajstić information content (AvgIpc) is 2.50. The Morgan fingerprint density at radius 2 is 2.38 bits per heavy atom. The Morgan fingerprint density at radius 1 is 1.69 bits per heavy atom. The van der Waals surface area contributed by atoms with E-state index in [0.717, 1.165) is 18.2 Å². The Bertz CT molecular complexity index is 189. The molecule has 0 atom stereocenters. The van der Waals surface area contributed by atoms with Gasteiger partial charge in [0.1, 0.15) is 6.73 Å². The third-order valence-electron chi connectivity index (χ3n) is 1.56. The van der Waals surface area contributed by atoms with Crippen LogP contribution in [0.15, 0.2) is 0 Å². The normalized spacial score (nSPS) is 19.0. The number of halogens is 2. The van der Waals surface area contributed by atoms with E-state index in [1.807, 2.05) is 0 Å². The van der Waals surface area contributed by atoms with Gasteiger partial charge in [-0.1, -0.05) is 0 Å². The summed E-state index contributed by atoms with van der Waals surface area (Å²) in [4.78, 5) is 12.4. The summed E-state index contributed by atoms with van der Waals surface area (Å²) in [5.74, 6) is -3.14. The monoisotopic (exact) mass is 211 g/mol. The number of alkyl halides is 2. The van der Waals surface area contributed by atoms with E-state index in [1.54, 1.807) is 16.7 Å². The minimum atomic E-state index is -3.38. The first kappa shape index (κ1) is 10.7. The first-order valence-electron chi connectivity index (χ1n) is 3.85. The Morgan fingerprint density at radius 3 is 2.85 bits per heavy atom. The predicted octanol–water partition coefficient (Wildman–Crippen LogP) is 1.15. The van der Waals surface area contributed by atoms with Crippen molar-refractivity contribution in [2.45, 2.75) is 12.8 Å². The molecule has 0 N–H and O–H groups in total. The summed E-state index contributed by atoms with van der Waals surface area (Å²) in [6.45, 7) is 1.29. The molecule has 0 bridgehead atoms. The van der Waals surface area contributed by atoms with Crippen molar-refractivity contribution in [3.63, 3.8) is 0 Å². The van der Waals surface area contributed by atoms with E-state index in [4.69, 9.17) is 0 Å². The second-order valence-electron chi connectivity index (χ2n) is 2.88. The van der Waals surface area contributed by atoms with Crippen LogP contribution in [-0.2, 0) is 9.53 Å². The maximum atomic E-state index is 12.3. The zero-order valence-corrected chi connectivity index (χ0v) is 8.07. The topological polar surface area (TPSA) is 29.5 Å². The maximum absolute atomic E-state index is 12.3. The molecule has 1 rings (SSSR count). The number of ether oxygens (including phenoxy) is 1. The molecule has 6 heteroatoms. The fourth-order valence-electron chi connectivity index (χ4n) is 0.830. The second-order valence-corrected chi connectivity index (χ2v) is 3.96. The SMILES string of the molecule is CC(F)(F)C(=O)OCN1CCSC1. The summed E-state index contributed by atoms with van der Waals surface area (Å²) >= 11 is 1.69. The van der Waals surface area contributed by atoms with Crippen molar-refractivity contribution in [2.24, 2.45) is 0 Å². The van der Waals surface area contributed by atoms with E-state index in [9.17, 15) is 13.6 Å². The van der Waals surface area contributed by atoms with Crippen molar-refractivity contribution < 1.29 is 18.3 Å². The molecule has 13 heavy (non-hydrogen) atoms. The molecule has 0 spiro atoms. The number of thioether (sulfide) groups is 1. The van der Waals surface area contributed by atoms with Gasteiger partial charge in [0.25, 0.3) is 0 Å². The van der Waals surface area contributed by atoms with E-state index < -0.39 is 11.9 Å². The summed E-state index contributed by atoms with van der Waals surface area (Å²) in [7, 11) is 0. The predicted molar refractivity (Wildman–Crippen MR) is 45.6 cm³/mol. The van der Waals surface area contributed by atoms with Crippen LogP contribution in [0.2, 0.25) is 0 Å². The summed E-state index contributed by atoms with van der Waals surface area (Å²) in [5, 5.41) is 0. The zero-order valence-electron chi connectivity index (χ0n) is 7.26. The highest BCUT2D eigenvalue weighted by Crippen LogP contribution is 2.16. The minimum Gasteiger partial charge on any atom is -0.445 e. The second kappa shape index (κ2) is 4.23. The zero-order chi connectivity index (χ0) is 9.90. The van der Waals surface area contributed by atoms with Crippen LogP contribution in [0.5, 0.6) is 0 Å². The molecule has 0 saturated carbocycles. The number of rotatable bonds is 3. The van der Waals surface area contributed by atoms with Crippen molar-refractivity contribution in [3.8, 4) is 0 Å². The molecule has 0 aliphatic carbocycles. The Hall–Kier alpha value is -0.360. The molecule has 0 aromatic rings. The molecule has 1 saturated heterocycles. The van der Waals surface area contributed by atoms with Crippen LogP contribution >= 0.6 is 11.8 Å². The highest BCUT2D eigenvalue weighted by Gasteiger charge is 2.34. The van der Waals surface area contributed by atoms with E-state index >= 15 is 0 Å². The van der Waals surface area contributed by atoms with Gasteiger partial charge in [-0.25, -0.2) is 4.79 Å². The van der Waals surface area contributed by atoms with Crippen LogP contribution in [0, 0.1) is 0 Å². The lowest BCUT2D eigenvalue weighted by atomic mass is 10.4. The molecule has 3 nitrogen and oxygen atoms in total. The molecule has 76 valence electrons. The lowest BCUT2D eigenvalue weighted by molar-refractivity contribution is -0.173. The quantitative estimate of drug-likeness (QED) is 0.655. The molecule has 0 aromatic carbocycles. The van der Waals surface area contributed by atoms with E-state index in [1.165, 1.54) is 0 Å². The fourth-order valence-corrected chi connectivity index (χ4v) is 1.81. The first-order valence-corrected chi connectivity index (χ1v) is 5.01. The van der Waals surface area contributed by atoms with Crippen LogP contribution in [0.25, 0.3) is 0 Å². The highest BCUT2D eigenvalue weighted by atomic mass is 32.2. The van der Waals surface area contributed by atoms with Gasteiger partial charge in [-0.05, 0) is 0 Å². The van der Waals surface area contributed by atoms with E-state index in [2.05, 4.69) is 4.74 Å². The minimum absolute atomic E-state index is 0.0325. The van der Waals surface area contributed by atoms with Crippen molar-refractivity contribution in [1.29, 1.82) is 0 Å². The lowest BCUT2D eigenvalue weighted by Gasteiger charge is -2.15. The third kappa shape index (κ3) is 3.48. The maximum Gasteiger partial charge on any atom is 0.377 e. The van der Waals surface area contributed by atoms with E-state index in [0.29, 0.717) is 6.92 Å². The summed E-state index contributed by atoms with van der Waals surface area (Å²) < 4.78 is 29.0. The van der Waals surface area contributed by atoms with Crippen LogP contribution in [0.4, 0.5) is 8.78 Å². The third-order valence-corrected chi connectivity index (χ3v) is 2.58. The lowest BCUT2D eigenvalue weighted by Crippen LogP contribution is -2.32. The van der Waals surface area contributed by atoms with Crippen molar-refractivity contribution in [3.05, 3.63) is 0 Å². The van der Waals surface area contributed by atoms with Crippen molar-refractivity contribution in [1.82, 2.24) is 4.90 Å². The van der Waals surface area contributed by atoms with Gasteiger partial charge >= 0.3 is 11.9 Å². The van der Waals surface area contributed by atoms with E-state index in [-0.39, 0.29) is 6.73 Å². The summed E-state index contributed by atoms with van der Waals surface area (Å²) in [6, 6.07) is 0. The Kier molecular flexibility index (Phi) is 3.49. The summed E-state index contributed by atoms with van der Waals surface area (Å²) in [5.41, 5.74) is 0. The van der Waals surface area contributed by atoms with Crippen molar-refractivity contribution >= 4 is 17.7 Å². The van der Waals surface area contributed by atoms with Gasteiger partial charge in [0, 0.05) is 25.1 Å². The standard InChI is InChI=1S/C7H11F2NO2S/c1-7(8,9)6(11)12-4-10-2-3-13-5-10/h2-5H2,1H3. The van der Waals surface area contributed by atoms with Gasteiger partial charge < -0.3 is 4.74 Å². The van der Waals surface area contributed by atoms with Gasteiger partial charge in [-0.15, -0.1) is 11.8 Å². The number of esters is 1. The number of carbonyl (C=O) groups excluding carboxylic acids is 1. The van der Waals surface area contributed by atoms with Crippen LogP contribution in [0.1, 0.15) is 6.92 Å². The number of hydrogen-bond acceptors (Lipinski definition) is 4.